The van der Waals surface area contributed by atoms with E-state index in [4.69, 9.17) is 14.2 Å². The summed E-state index contributed by atoms with van der Waals surface area (Å²) in [6.07, 6.45) is -5.54. The highest BCUT2D eigenvalue weighted by Gasteiger charge is 2.56. The normalized spacial score (nSPS) is 18.6. The number of carbonyl (C=O) groups is 3. The second-order valence-corrected chi connectivity index (χ2v) is 9.64. The molecule has 0 saturated carbocycles. The van der Waals surface area contributed by atoms with Crippen LogP contribution >= 0.6 is 0 Å². The monoisotopic (exact) mass is 552 g/mol. The molecule has 0 aromatic heterocycles. The van der Waals surface area contributed by atoms with Crippen molar-refractivity contribution in [1.29, 1.82) is 0 Å². The first-order valence-corrected chi connectivity index (χ1v) is 12.2. The zero-order chi connectivity index (χ0) is 28.8. The second-order valence-electron chi connectivity index (χ2n) is 9.64. The molecule has 0 bridgehead atoms. The summed E-state index contributed by atoms with van der Waals surface area (Å²) in [6, 6.07) is 12.5. The van der Waals surface area contributed by atoms with Gasteiger partial charge in [0, 0.05) is 5.56 Å². The van der Waals surface area contributed by atoms with Gasteiger partial charge in [-0.15, -0.1) is 0 Å². The molecule has 2 N–H and O–H groups in total. The average molecular weight is 553 g/mol. The van der Waals surface area contributed by atoms with Gasteiger partial charge in [0.15, 0.2) is 5.78 Å². The molecule has 1 atom stereocenters. The Hall–Kier alpha value is -3.64. The van der Waals surface area contributed by atoms with Crippen molar-refractivity contribution >= 4 is 17.8 Å². The summed E-state index contributed by atoms with van der Waals surface area (Å²) in [5.74, 6) is -2.06. The van der Waals surface area contributed by atoms with E-state index in [-0.39, 0.29) is 25.4 Å². The molecule has 0 aliphatic carbocycles. The van der Waals surface area contributed by atoms with Crippen molar-refractivity contribution in [1.82, 2.24) is 10.2 Å². The fourth-order valence-electron chi connectivity index (χ4n) is 4.30. The number of amides is 2. The molecule has 3 rings (SSSR count). The zero-order valence-corrected chi connectivity index (χ0v) is 21.8. The predicted molar refractivity (Wildman–Crippen MR) is 134 cm³/mol. The quantitative estimate of drug-likeness (QED) is 0.318. The van der Waals surface area contributed by atoms with E-state index >= 15 is 0 Å². The highest BCUT2D eigenvalue weighted by atomic mass is 19.4. The molecular weight excluding hydrogens is 521 g/mol. The molecule has 1 unspecified atom stereocenters. The summed E-state index contributed by atoms with van der Waals surface area (Å²) < 4.78 is 57.3. The average Bonchev–Trinajstić information content (AvgIpc) is 3.14. The molecule has 1 fully saturated rings. The molecule has 0 radical (unpaired) electrons. The number of Topliss-reactive ketones (excluding diaryl/α,β-unsaturated/α-hetero) is 1. The van der Waals surface area contributed by atoms with E-state index in [1.54, 1.807) is 0 Å². The Balaban J connectivity index is 1.58. The molecule has 1 aliphatic heterocycles. The Morgan fingerprint density at radius 1 is 1.05 bits per heavy atom. The van der Waals surface area contributed by atoms with Gasteiger partial charge in [-0.1, -0.05) is 30.3 Å². The Kier molecular flexibility index (Phi) is 9.23. The Morgan fingerprint density at radius 3 is 2.38 bits per heavy atom. The first-order chi connectivity index (χ1) is 18.3. The van der Waals surface area contributed by atoms with E-state index in [2.05, 4.69) is 5.32 Å². The van der Waals surface area contributed by atoms with E-state index in [1.165, 1.54) is 26.8 Å². The van der Waals surface area contributed by atoms with Crippen LogP contribution in [0.15, 0.2) is 48.5 Å². The number of benzene rings is 2. The Labute approximate surface area is 223 Å². The smallest absolute Gasteiger partial charge is 0.419 e. The Morgan fingerprint density at radius 2 is 1.74 bits per heavy atom. The topological polar surface area (TPSA) is 114 Å². The lowest BCUT2D eigenvalue weighted by molar-refractivity contribution is -0.139. The molecule has 1 saturated heterocycles. The number of ketones is 1. The summed E-state index contributed by atoms with van der Waals surface area (Å²) in [6.45, 7) is 3.72. The third kappa shape index (κ3) is 7.27. The standard InChI is InChI=1S/C27H31F3N2O7/c1-25(2)32(24(35)36)26(3,17-39-25)23(34)31-16-21(33)19-9-10-22(20(15-19)27(28,29)30)38-14-13-37-12-11-18-7-5-4-6-8-18/h4-10,15H,11-14,16-17H2,1-3H3,(H,31,34)(H,35,36). The molecule has 2 amide bonds. The molecule has 9 nitrogen and oxygen atoms in total. The van der Waals surface area contributed by atoms with Crippen molar-refractivity contribution in [2.24, 2.45) is 0 Å². The number of carboxylic acid groups (broad SMARTS) is 1. The van der Waals surface area contributed by atoms with Crippen molar-refractivity contribution in [3.05, 3.63) is 65.2 Å². The van der Waals surface area contributed by atoms with Crippen LogP contribution in [0.3, 0.4) is 0 Å². The second kappa shape index (κ2) is 12.0. The van der Waals surface area contributed by atoms with Crippen LogP contribution in [0.2, 0.25) is 0 Å². The maximum Gasteiger partial charge on any atom is 0.419 e. The van der Waals surface area contributed by atoms with Crippen LogP contribution in [0.5, 0.6) is 5.75 Å². The number of hydrogen-bond acceptors (Lipinski definition) is 6. The van der Waals surface area contributed by atoms with Gasteiger partial charge < -0.3 is 24.6 Å². The fraction of sp³-hybridized carbons (Fsp3) is 0.444. The molecule has 2 aromatic carbocycles. The van der Waals surface area contributed by atoms with Crippen LogP contribution in [0, 0.1) is 0 Å². The van der Waals surface area contributed by atoms with Crippen LogP contribution in [-0.2, 0) is 26.9 Å². The highest BCUT2D eigenvalue weighted by molar-refractivity contribution is 6.01. The summed E-state index contributed by atoms with van der Waals surface area (Å²) in [7, 11) is 0. The molecule has 39 heavy (non-hydrogen) atoms. The van der Waals surface area contributed by atoms with Gasteiger partial charge in [-0.3, -0.25) is 14.5 Å². The Bertz CT molecular complexity index is 1190. The number of hydrogen-bond donors (Lipinski definition) is 2. The molecule has 1 heterocycles. The first-order valence-electron chi connectivity index (χ1n) is 12.2. The van der Waals surface area contributed by atoms with Crippen molar-refractivity contribution in [2.45, 2.75) is 44.6 Å². The van der Waals surface area contributed by atoms with Gasteiger partial charge in [-0.05, 0) is 51.0 Å². The number of nitrogens with zero attached hydrogens (tertiary/aromatic N) is 1. The third-order valence-electron chi connectivity index (χ3n) is 6.30. The highest BCUT2D eigenvalue weighted by Crippen LogP contribution is 2.37. The van der Waals surface area contributed by atoms with Crippen LogP contribution in [-0.4, -0.2) is 72.0 Å². The fourth-order valence-corrected chi connectivity index (χ4v) is 4.30. The summed E-state index contributed by atoms with van der Waals surface area (Å²) in [5.41, 5.74) is -3.28. The van der Waals surface area contributed by atoms with Crippen LogP contribution < -0.4 is 10.1 Å². The number of carbonyl (C=O) groups excluding carboxylic acids is 2. The summed E-state index contributed by atoms with van der Waals surface area (Å²) >= 11 is 0. The maximum atomic E-state index is 13.7. The van der Waals surface area contributed by atoms with E-state index in [0.717, 1.165) is 16.5 Å². The minimum Gasteiger partial charge on any atom is -0.491 e. The number of nitrogens with one attached hydrogen (secondary N) is 1. The summed E-state index contributed by atoms with van der Waals surface area (Å²) in [4.78, 5) is 38.0. The predicted octanol–water partition coefficient (Wildman–Crippen LogP) is 4.15. The van der Waals surface area contributed by atoms with E-state index < -0.39 is 53.1 Å². The lowest BCUT2D eigenvalue weighted by Crippen LogP contribution is -2.61. The molecule has 2 aromatic rings. The number of rotatable bonds is 11. The first kappa shape index (κ1) is 29.9. The number of alkyl halides is 3. The van der Waals surface area contributed by atoms with E-state index in [9.17, 15) is 32.7 Å². The molecule has 212 valence electrons. The van der Waals surface area contributed by atoms with Crippen molar-refractivity contribution < 1.29 is 46.9 Å². The summed E-state index contributed by atoms with van der Waals surface area (Å²) in [5, 5.41) is 11.9. The van der Waals surface area contributed by atoms with Gasteiger partial charge in [0.2, 0.25) is 5.91 Å². The molecule has 12 heteroatoms. The largest absolute Gasteiger partial charge is 0.491 e. The lowest BCUT2D eigenvalue weighted by atomic mass is 9.99. The van der Waals surface area contributed by atoms with Crippen LogP contribution in [0.25, 0.3) is 0 Å². The van der Waals surface area contributed by atoms with Gasteiger partial charge in [-0.2, -0.15) is 13.2 Å². The van der Waals surface area contributed by atoms with Gasteiger partial charge in [0.25, 0.3) is 0 Å². The minimum absolute atomic E-state index is 0.0729. The van der Waals surface area contributed by atoms with E-state index in [1.807, 2.05) is 30.3 Å². The van der Waals surface area contributed by atoms with Gasteiger partial charge in [0.05, 0.1) is 31.9 Å². The third-order valence-corrected chi connectivity index (χ3v) is 6.30. The van der Waals surface area contributed by atoms with Gasteiger partial charge in [-0.25, -0.2) is 4.79 Å². The lowest BCUT2D eigenvalue weighted by Gasteiger charge is -2.36. The minimum atomic E-state index is -4.80. The van der Waals surface area contributed by atoms with Crippen molar-refractivity contribution in [3.8, 4) is 5.75 Å². The van der Waals surface area contributed by atoms with E-state index in [0.29, 0.717) is 19.1 Å². The van der Waals surface area contributed by atoms with Crippen molar-refractivity contribution in [3.63, 3.8) is 0 Å². The SMILES string of the molecule is CC1(C)OCC(C)(C(=O)NCC(=O)c2ccc(OCCOCCc3ccccc3)c(C(F)(F)F)c2)N1C(=O)O. The molecule has 1 aliphatic rings. The maximum absolute atomic E-state index is 13.7. The number of ether oxygens (including phenoxy) is 3. The zero-order valence-electron chi connectivity index (χ0n) is 21.8. The van der Waals surface area contributed by atoms with Crippen LogP contribution in [0.4, 0.5) is 18.0 Å². The van der Waals surface area contributed by atoms with Crippen LogP contribution in [0.1, 0.15) is 42.3 Å². The van der Waals surface area contributed by atoms with Crippen molar-refractivity contribution in [2.75, 3.05) is 33.0 Å². The number of halogens is 3. The van der Waals surface area contributed by atoms with Gasteiger partial charge in [0.1, 0.15) is 23.6 Å². The molecule has 0 spiro atoms. The molecular formula is C27H31F3N2O7. The van der Waals surface area contributed by atoms with Gasteiger partial charge >= 0.3 is 12.3 Å².